The van der Waals surface area contributed by atoms with Crippen LogP contribution in [-0.4, -0.2) is 66.8 Å². The van der Waals surface area contributed by atoms with Crippen LogP contribution in [-0.2, 0) is 24.6 Å². The minimum Gasteiger partial charge on any atom is -0.497 e. The fourth-order valence-corrected chi connectivity index (χ4v) is 5.50. The van der Waals surface area contributed by atoms with E-state index in [0.29, 0.717) is 31.9 Å². The fourth-order valence-electron chi connectivity index (χ4n) is 4.81. The van der Waals surface area contributed by atoms with Gasteiger partial charge in [0.15, 0.2) is 5.60 Å². The molecule has 3 rings (SSSR count). The summed E-state index contributed by atoms with van der Waals surface area (Å²) in [6, 6.07) is 27.5. The molecule has 0 spiro atoms. The molecule has 0 saturated heterocycles. The Bertz CT molecular complexity index is 1190. The molecule has 0 aromatic heterocycles. The van der Waals surface area contributed by atoms with E-state index in [0.717, 1.165) is 48.8 Å². The van der Waals surface area contributed by atoms with Gasteiger partial charge in [0.25, 0.3) is 8.53 Å². The van der Waals surface area contributed by atoms with Gasteiger partial charge in [0.05, 0.1) is 7.11 Å². The zero-order chi connectivity index (χ0) is 32.3. The minimum atomic E-state index is -2.34. The van der Waals surface area contributed by atoms with E-state index in [-0.39, 0.29) is 6.54 Å². The summed E-state index contributed by atoms with van der Waals surface area (Å²) in [5, 5.41) is 15.0. The van der Waals surface area contributed by atoms with Gasteiger partial charge in [-0.15, -0.1) is 10.3 Å². The second kappa shape index (κ2) is 20.2. The molecule has 12 heteroatoms. The van der Waals surface area contributed by atoms with Crippen molar-refractivity contribution in [2.75, 3.05) is 40.5 Å². The van der Waals surface area contributed by atoms with Crippen molar-refractivity contribution in [3.63, 3.8) is 0 Å². The number of aliphatic carboxylic acids is 1. The highest BCUT2D eigenvalue weighted by atomic mass is 31.2. The van der Waals surface area contributed by atoms with Crippen molar-refractivity contribution in [3.8, 4) is 5.75 Å². The SMILES string of the molecule is CCCCCCN(NCC(=O)O)OP(O)NN(CCCCOC)OC(c1ccccc1)(c1ccccc1)c1ccc(OC)cc1. The predicted molar refractivity (Wildman–Crippen MR) is 175 cm³/mol. The van der Waals surface area contributed by atoms with Gasteiger partial charge < -0.3 is 19.5 Å². The molecular weight excluding hydrogens is 595 g/mol. The average molecular weight is 643 g/mol. The van der Waals surface area contributed by atoms with Crippen molar-refractivity contribution in [3.05, 3.63) is 102 Å². The van der Waals surface area contributed by atoms with Crippen LogP contribution >= 0.6 is 8.53 Å². The summed E-state index contributed by atoms with van der Waals surface area (Å²) in [5.41, 5.74) is 4.18. The lowest BCUT2D eigenvalue weighted by Crippen LogP contribution is -2.47. The number of methoxy groups -OCH3 is 2. The summed E-state index contributed by atoms with van der Waals surface area (Å²) in [6.07, 6.45) is 5.28. The van der Waals surface area contributed by atoms with Crippen LogP contribution in [0.2, 0.25) is 0 Å². The summed E-state index contributed by atoms with van der Waals surface area (Å²) < 4.78 is 16.5. The molecule has 0 aliphatic carbocycles. The molecule has 0 heterocycles. The lowest BCUT2D eigenvalue weighted by Gasteiger charge is -2.40. The predicted octanol–water partition coefficient (Wildman–Crippen LogP) is 5.77. The van der Waals surface area contributed by atoms with Gasteiger partial charge in [0.2, 0.25) is 0 Å². The number of nitrogens with one attached hydrogen (secondary N) is 2. The standard InChI is InChI=1S/C33H47N4O7P/c1-4-5-6-13-24-36(34-27-32(38)39)44-45(40)35-37(25-14-15-26-41-2)43-33(28-16-9-7-10-17-28,29-18-11-8-12-19-29)30-20-22-31(42-3)23-21-30/h7-12,16-23,34-35,40H,4-6,13-15,24-27H2,1-3H3,(H,38,39). The van der Waals surface area contributed by atoms with Gasteiger partial charge in [0.1, 0.15) is 12.3 Å². The lowest BCUT2D eigenvalue weighted by atomic mass is 9.80. The number of hydroxylamine groups is 2. The number of ether oxygens (including phenoxy) is 2. The Labute approximate surface area is 267 Å². The molecule has 0 radical (unpaired) electrons. The number of carbonyl (C=O) groups is 1. The van der Waals surface area contributed by atoms with Crippen molar-refractivity contribution in [1.29, 1.82) is 0 Å². The maximum absolute atomic E-state index is 11.3. The Morgan fingerprint density at radius 2 is 1.38 bits per heavy atom. The van der Waals surface area contributed by atoms with Gasteiger partial charge in [-0.3, -0.25) is 9.63 Å². The molecule has 0 aliphatic rings. The number of carboxylic acids is 1. The molecule has 3 aromatic rings. The Balaban J connectivity index is 1.98. The number of hydrogen-bond donors (Lipinski definition) is 4. The van der Waals surface area contributed by atoms with Gasteiger partial charge in [-0.1, -0.05) is 99.0 Å². The molecular formula is C33H47N4O7P. The lowest BCUT2D eigenvalue weighted by molar-refractivity contribution is -0.243. The van der Waals surface area contributed by atoms with E-state index in [4.69, 9.17) is 18.9 Å². The van der Waals surface area contributed by atoms with Crippen molar-refractivity contribution in [1.82, 2.24) is 21.0 Å². The van der Waals surface area contributed by atoms with Crippen LogP contribution in [0, 0.1) is 0 Å². The molecule has 246 valence electrons. The van der Waals surface area contributed by atoms with E-state index in [1.54, 1.807) is 14.2 Å². The Hall–Kier alpha value is -2.96. The zero-order valence-electron chi connectivity index (χ0n) is 26.4. The van der Waals surface area contributed by atoms with E-state index < -0.39 is 20.1 Å². The molecule has 4 N–H and O–H groups in total. The second-order valence-electron chi connectivity index (χ2n) is 10.4. The average Bonchev–Trinajstić information content (AvgIpc) is 3.07. The Morgan fingerprint density at radius 3 is 1.93 bits per heavy atom. The van der Waals surface area contributed by atoms with Crippen molar-refractivity contribution >= 4 is 14.5 Å². The first-order chi connectivity index (χ1) is 21.9. The number of benzene rings is 3. The van der Waals surface area contributed by atoms with Gasteiger partial charge in [-0.25, -0.2) is 10.1 Å². The normalized spacial score (nSPS) is 12.5. The second-order valence-corrected chi connectivity index (χ2v) is 11.3. The van der Waals surface area contributed by atoms with Crippen LogP contribution in [0.1, 0.15) is 62.1 Å². The van der Waals surface area contributed by atoms with Crippen LogP contribution < -0.4 is 15.4 Å². The van der Waals surface area contributed by atoms with E-state index in [9.17, 15) is 14.8 Å². The Kier molecular flexibility index (Phi) is 16.4. The number of hydrazine groups is 2. The highest BCUT2D eigenvalue weighted by molar-refractivity contribution is 7.43. The highest BCUT2D eigenvalue weighted by Gasteiger charge is 2.41. The van der Waals surface area contributed by atoms with Gasteiger partial charge in [-0.05, 0) is 48.1 Å². The summed E-state index contributed by atoms with van der Waals surface area (Å²) in [7, 11) is 0.948. The first-order valence-corrected chi connectivity index (χ1v) is 16.5. The first-order valence-electron chi connectivity index (χ1n) is 15.3. The van der Waals surface area contributed by atoms with Gasteiger partial charge in [0, 0.05) is 26.8 Å². The number of nitrogens with zero attached hydrogens (tertiary/aromatic N) is 2. The van der Waals surface area contributed by atoms with Crippen molar-refractivity contribution in [2.45, 2.75) is 51.0 Å². The van der Waals surface area contributed by atoms with Gasteiger partial charge in [-0.2, -0.15) is 5.20 Å². The van der Waals surface area contributed by atoms with Crippen LogP contribution in [0.4, 0.5) is 0 Å². The summed E-state index contributed by atoms with van der Waals surface area (Å²) in [6.45, 7) is 3.11. The molecule has 1 atom stereocenters. The number of unbranched alkanes of at least 4 members (excludes halogenated alkanes) is 4. The molecule has 0 amide bonds. The van der Waals surface area contributed by atoms with Gasteiger partial charge >= 0.3 is 5.97 Å². The van der Waals surface area contributed by atoms with Crippen molar-refractivity contribution < 1.29 is 33.7 Å². The smallest absolute Gasteiger partial charge is 0.318 e. The molecule has 0 bridgehead atoms. The van der Waals surface area contributed by atoms with E-state index >= 15 is 0 Å². The van der Waals surface area contributed by atoms with Crippen LogP contribution in [0.5, 0.6) is 5.75 Å². The highest BCUT2D eigenvalue weighted by Crippen LogP contribution is 2.42. The molecule has 0 saturated carbocycles. The van der Waals surface area contributed by atoms with Crippen LogP contribution in [0.15, 0.2) is 84.9 Å². The van der Waals surface area contributed by atoms with Crippen LogP contribution in [0.3, 0.4) is 0 Å². The number of carboxylic acid groups (broad SMARTS) is 1. The van der Waals surface area contributed by atoms with E-state index in [1.165, 1.54) is 10.3 Å². The summed E-state index contributed by atoms with van der Waals surface area (Å²) >= 11 is 0. The Morgan fingerprint density at radius 1 is 0.800 bits per heavy atom. The topological polar surface area (TPSA) is 125 Å². The van der Waals surface area contributed by atoms with E-state index in [2.05, 4.69) is 17.5 Å². The largest absolute Gasteiger partial charge is 0.497 e. The van der Waals surface area contributed by atoms with Crippen molar-refractivity contribution in [2.24, 2.45) is 0 Å². The van der Waals surface area contributed by atoms with E-state index in [1.807, 2.05) is 84.9 Å². The maximum atomic E-state index is 11.3. The number of hydrogen-bond acceptors (Lipinski definition) is 10. The third-order valence-electron chi connectivity index (χ3n) is 7.06. The third kappa shape index (κ3) is 11.7. The molecule has 0 fully saturated rings. The zero-order valence-corrected chi connectivity index (χ0v) is 27.3. The number of rotatable bonds is 23. The first kappa shape index (κ1) is 36.5. The quantitative estimate of drug-likeness (QED) is 0.0436. The minimum absolute atomic E-state index is 0.350. The molecule has 0 aliphatic heterocycles. The maximum Gasteiger partial charge on any atom is 0.318 e. The molecule has 45 heavy (non-hydrogen) atoms. The fraction of sp³-hybridized carbons (Fsp3) is 0.424. The van der Waals surface area contributed by atoms with Crippen LogP contribution in [0.25, 0.3) is 0 Å². The molecule has 3 aromatic carbocycles. The monoisotopic (exact) mass is 642 g/mol. The summed E-state index contributed by atoms with van der Waals surface area (Å²) in [4.78, 5) is 29.4. The summed E-state index contributed by atoms with van der Waals surface area (Å²) in [5.74, 6) is -0.325. The third-order valence-corrected chi connectivity index (χ3v) is 7.80. The molecule has 11 nitrogen and oxygen atoms in total. The molecule has 1 unspecified atom stereocenters.